The number of aryl methyl sites for hydroxylation is 1. The zero-order chi connectivity index (χ0) is 8.72. The van der Waals surface area contributed by atoms with Crippen molar-refractivity contribution < 1.29 is 0 Å². The first-order chi connectivity index (χ1) is 5.66. The van der Waals surface area contributed by atoms with Gasteiger partial charge in [0, 0.05) is 10.7 Å². The highest BCUT2D eigenvalue weighted by Crippen LogP contribution is 2.21. The van der Waals surface area contributed by atoms with E-state index in [1.165, 1.54) is 0 Å². The Hall–Kier alpha value is -0.420. The number of halogens is 2. The van der Waals surface area contributed by atoms with Gasteiger partial charge in [-0.15, -0.1) is 0 Å². The predicted octanol–water partition coefficient (Wildman–Crippen LogP) is 2.56. The first-order valence-corrected chi connectivity index (χ1v) is 4.93. The highest BCUT2D eigenvalue weighted by atomic mass is 79.9. The lowest BCUT2D eigenvalue weighted by Gasteiger charge is -1.94. The van der Waals surface area contributed by atoms with Crippen LogP contribution in [-0.2, 0) is 0 Å². The molecule has 0 bridgehead atoms. The molecule has 2 rings (SSSR count). The maximum atomic E-state index is 4.24. The molecule has 0 aliphatic heterocycles. The lowest BCUT2D eigenvalue weighted by atomic mass is 10.5. The van der Waals surface area contributed by atoms with E-state index in [1.807, 2.05) is 19.2 Å². The highest BCUT2D eigenvalue weighted by Gasteiger charge is 2.03. The monoisotopic (exact) mass is 289 g/mol. The van der Waals surface area contributed by atoms with Gasteiger partial charge >= 0.3 is 0 Å². The molecule has 0 atom stereocenters. The summed E-state index contributed by atoms with van der Waals surface area (Å²) in [6.45, 7) is 1.87. The van der Waals surface area contributed by atoms with Crippen LogP contribution in [0.5, 0.6) is 0 Å². The molecule has 0 amide bonds. The first kappa shape index (κ1) is 8.19. The summed E-state index contributed by atoms with van der Waals surface area (Å²) < 4.78 is 3.66. The standard InChI is InChI=1S/C7H5Br2N3/c1-4-10-7-6(9)2-5(8)3-12(7)11-4/h2-3H,1H3. The van der Waals surface area contributed by atoms with Gasteiger partial charge in [-0.25, -0.2) is 9.50 Å². The first-order valence-electron chi connectivity index (χ1n) is 3.35. The zero-order valence-electron chi connectivity index (χ0n) is 6.25. The number of nitrogens with zero attached hydrogens (tertiary/aromatic N) is 3. The molecular formula is C7H5Br2N3. The average Bonchev–Trinajstić information content (AvgIpc) is 2.29. The van der Waals surface area contributed by atoms with Crippen LogP contribution in [0, 0.1) is 6.92 Å². The second-order valence-electron chi connectivity index (χ2n) is 2.43. The Morgan fingerprint density at radius 1 is 1.42 bits per heavy atom. The minimum atomic E-state index is 0.772. The van der Waals surface area contributed by atoms with E-state index in [2.05, 4.69) is 41.9 Å². The quantitative estimate of drug-likeness (QED) is 0.746. The van der Waals surface area contributed by atoms with Crippen LogP contribution in [0.3, 0.4) is 0 Å². The summed E-state index contributed by atoms with van der Waals surface area (Å²) in [5.41, 5.74) is 0.843. The van der Waals surface area contributed by atoms with Gasteiger partial charge in [-0.3, -0.25) is 0 Å². The lowest BCUT2D eigenvalue weighted by molar-refractivity contribution is 0.925. The molecule has 0 unspecified atom stereocenters. The molecule has 0 radical (unpaired) electrons. The lowest BCUT2D eigenvalue weighted by Crippen LogP contribution is -1.87. The average molecular weight is 291 g/mol. The molecule has 0 aromatic carbocycles. The van der Waals surface area contributed by atoms with Crippen LogP contribution in [0.1, 0.15) is 5.82 Å². The van der Waals surface area contributed by atoms with Crippen molar-refractivity contribution in [2.45, 2.75) is 6.92 Å². The third kappa shape index (κ3) is 1.27. The Kier molecular flexibility index (Phi) is 1.92. The summed E-state index contributed by atoms with van der Waals surface area (Å²) in [4.78, 5) is 4.24. The van der Waals surface area contributed by atoms with Crippen molar-refractivity contribution >= 4 is 37.5 Å². The number of hydrogen-bond acceptors (Lipinski definition) is 2. The fourth-order valence-electron chi connectivity index (χ4n) is 1.02. The number of aromatic nitrogens is 3. The molecular weight excluding hydrogens is 286 g/mol. The van der Waals surface area contributed by atoms with E-state index in [1.54, 1.807) is 4.52 Å². The summed E-state index contributed by atoms with van der Waals surface area (Å²) in [6, 6.07) is 1.95. The van der Waals surface area contributed by atoms with Gasteiger partial charge in [-0.05, 0) is 44.8 Å². The summed E-state index contributed by atoms with van der Waals surface area (Å²) >= 11 is 6.78. The van der Waals surface area contributed by atoms with Crippen molar-refractivity contribution in [1.82, 2.24) is 14.6 Å². The van der Waals surface area contributed by atoms with Crippen LogP contribution in [-0.4, -0.2) is 14.6 Å². The fraction of sp³-hybridized carbons (Fsp3) is 0.143. The number of rotatable bonds is 0. The molecule has 2 heterocycles. The largest absolute Gasteiger partial charge is 0.219 e. The minimum Gasteiger partial charge on any atom is -0.219 e. The summed E-state index contributed by atoms with van der Waals surface area (Å²) in [6.07, 6.45) is 1.88. The number of pyridine rings is 1. The predicted molar refractivity (Wildman–Crippen MR) is 53.1 cm³/mol. The third-order valence-electron chi connectivity index (χ3n) is 1.46. The van der Waals surface area contributed by atoms with E-state index in [0.717, 1.165) is 20.4 Å². The van der Waals surface area contributed by atoms with E-state index >= 15 is 0 Å². The van der Waals surface area contributed by atoms with Gasteiger partial charge in [-0.2, -0.15) is 5.10 Å². The van der Waals surface area contributed by atoms with E-state index in [-0.39, 0.29) is 0 Å². The number of fused-ring (bicyclic) bond motifs is 1. The highest BCUT2D eigenvalue weighted by molar-refractivity contribution is 9.11. The molecule has 3 nitrogen and oxygen atoms in total. The Labute approximate surface area is 86.1 Å². The maximum Gasteiger partial charge on any atom is 0.169 e. The van der Waals surface area contributed by atoms with Crippen molar-refractivity contribution in [3.05, 3.63) is 27.0 Å². The molecule has 0 fully saturated rings. The van der Waals surface area contributed by atoms with Gasteiger partial charge in [0.2, 0.25) is 0 Å². The SMILES string of the molecule is Cc1nc2c(Br)cc(Br)cn2n1. The molecule has 2 aromatic heterocycles. The van der Waals surface area contributed by atoms with Gasteiger partial charge in [0.05, 0.1) is 4.47 Å². The molecule has 0 spiro atoms. The molecule has 0 saturated heterocycles. The van der Waals surface area contributed by atoms with Crippen LogP contribution in [0.15, 0.2) is 21.2 Å². The smallest absolute Gasteiger partial charge is 0.169 e. The van der Waals surface area contributed by atoms with Crippen molar-refractivity contribution in [1.29, 1.82) is 0 Å². The maximum absolute atomic E-state index is 4.24. The molecule has 0 saturated carbocycles. The Balaban J connectivity index is 2.88. The second kappa shape index (κ2) is 2.81. The fourth-order valence-corrected chi connectivity index (χ4v) is 2.27. The normalized spacial score (nSPS) is 10.9. The van der Waals surface area contributed by atoms with Gasteiger partial charge in [-0.1, -0.05) is 0 Å². The van der Waals surface area contributed by atoms with E-state index in [4.69, 9.17) is 0 Å². The topological polar surface area (TPSA) is 30.2 Å². The minimum absolute atomic E-state index is 0.772. The molecule has 5 heteroatoms. The van der Waals surface area contributed by atoms with Gasteiger partial charge < -0.3 is 0 Å². The summed E-state index contributed by atoms with van der Waals surface area (Å²) in [5, 5.41) is 4.18. The molecule has 0 aliphatic rings. The van der Waals surface area contributed by atoms with Crippen LogP contribution >= 0.6 is 31.9 Å². The summed E-state index contributed by atoms with van der Waals surface area (Å²) in [5.74, 6) is 0.772. The van der Waals surface area contributed by atoms with Crippen molar-refractivity contribution in [2.24, 2.45) is 0 Å². The Morgan fingerprint density at radius 2 is 2.17 bits per heavy atom. The van der Waals surface area contributed by atoms with Gasteiger partial charge in [0.1, 0.15) is 5.82 Å². The molecule has 2 aromatic rings. The molecule has 0 N–H and O–H groups in total. The second-order valence-corrected chi connectivity index (χ2v) is 4.20. The van der Waals surface area contributed by atoms with Crippen molar-refractivity contribution in [3.8, 4) is 0 Å². The third-order valence-corrected chi connectivity index (χ3v) is 2.48. The van der Waals surface area contributed by atoms with Crippen molar-refractivity contribution in [3.63, 3.8) is 0 Å². The van der Waals surface area contributed by atoms with Crippen LogP contribution < -0.4 is 0 Å². The van der Waals surface area contributed by atoms with Crippen molar-refractivity contribution in [2.75, 3.05) is 0 Å². The summed E-state index contributed by atoms with van der Waals surface area (Å²) in [7, 11) is 0. The molecule has 12 heavy (non-hydrogen) atoms. The Morgan fingerprint density at radius 3 is 2.92 bits per heavy atom. The van der Waals surface area contributed by atoms with Crippen LogP contribution in [0.2, 0.25) is 0 Å². The van der Waals surface area contributed by atoms with E-state index in [0.29, 0.717) is 0 Å². The van der Waals surface area contributed by atoms with Gasteiger partial charge in [0.15, 0.2) is 5.65 Å². The van der Waals surface area contributed by atoms with E-state index < -0.39 is 0 Å². The van der Waals surface area contributed by atoms with E-state index in [9.17, 15) is 0 Å². The molecule has 62 valence electrons. The number of hydrogen-bond donors (Lipinski definition) is 0. The van der Waals surface area contributed by atoms with Gasteiger partial charge in [0.25, 0.3) is 0 Å². The van der Waals surface area contributed by atoms with Crippen LogP contribution in [0.25, 0.3) is 5.65 Å². The zero-order valence-corrected chi connectivity index (χ0v) is 9.42. The molecule has 0 aliphatic carbocycles. The Bertz CT molecular complexity index is 435. The van der Waals surface area contributed by atoms with Crippen LogP contribution in [0.4, 0.5) is 0 Å².